The SMILES string of the molecule is [2H]C([2H])([2H])c1cc2c3c(c1)N(c1ccc(C(C)(C)C)c4c1oc1cc(C(C)(C)C)ccc14)c1cc(N(c4ccc(C(C)(C)C)cc4)c4ccc(C(C)(C)C)cc4)ccc1B3c1cc3c(cc1N2c1ccc2c(c1)C(C)(C)CCC2(C)C)C(C)(C)CCC3(C)C. The summed E-state index contributed by atoms with van der Waals surface area (Å²) in [5.41, 5.74) is 24.0. The molecular formula is C81H94BN3O. The Morgan fingerprint density at radius 1 is 0.430 bits per heavy atom. The zero-order valence-electron chi connectivity index (χ0n) is 58.4. The van der Waals surface area contributed by atoms with Gasteiger partial charge < -0.3 is 19.1 Å². The van der Waals surface area contributed by atoms with E-state index in [1.165, 1.54) is 50.0 Å². The van der Waals surface area contributed by atoms with E-state index in [1.54, 1.807) is 0 Å². The third-order valence-electron chi connectivity index (χ3n) is 20.9. The molecule has 0 bridgehead atoms. The second-order valence-corrected chi connectivity index (χ2v) is 33.1. The minimum Gasteiger partial charge on any atom is -0.454 e. The zero-order valence-corrected chi connectivity index (χ0v) is 55.4. The molecule has 0 radical (unpaired) electrons. The van der Waals surface area contributed by atoms with Crippen LogP contribution in [0.2, 0.25) is 0 Å². The van der Waals surface area contributed by atoms with Crippen LogP contribution in [0.4, 0.5) is 51.2 Å². The van der Waals surface area contributed by atoms with Crippen molar-refractivity contribution >= 4 is 96.2 Å². The molecule has 442 valence electrons. The molecular weight excluding hydrogens is 1040 g/mol. The quantitative estimate of drug-likeness (QED) is 0.160. The normalized spacial score (nSPS) is 18.1. The Labute approximate surface area is 520 Å². The van der Waals surface area contributed by atoms with Crippen molar-refractivity contribution in [3.05, 3.63) is 190 Å². The van der Waals surface area contributed by atoms with Crippen molar-refractivity contribution in [2.24, 2.45) is 0 Å². The Balaban J connectivity index is 1.18. The van der Waals surface area contributed by atoms with Crippen LogP contribution in [-0.4, -0.2) is 6.71 Å². The molecule has 0 unspecified atom stereocenters. The molecule has 2 aliphatic carbocycles. The number of nitrogens with zero attached hydrogens (tertiary/aromatic N) is 3. The maximum atomic E-state index is 9.53. The summed E-state index contributed by atoms with van der Waals surface area (Å²) < 4.78 is 36.1. The fraction of sp³-hybridized carbons (Fsp3) is 0.407. The van der Waals surface area contributed by atoms with Crippen LogP contribution in [0.3, 0.4) is 0 Å². The van der Waals surface area contributed by atoms with Gasteiger partial charge in [-0.05, 0) is 221 Å². The van der Waals surface area contributed by atoms with Crippen LogP contribution in [0.25, 0.3) is 21.9 Å². The van der Waals surface area contributed by atoms with Gasteiger partial charge in [0.1, 0.15) is 5.58 Å². The summed E-state index contributed by atoms with van der Waals surface area (Å²) in [6, 6.07) is 53.1. The Bertz CT molecular complexity index is 4300. The highest BCUT2D eigenvalue weighted by Crippen LogP contribution is 2.55. The van der Waals surface area contributed by atoms with Crippen LogP contribution in [0.5, 0.6) is 0 Å². The second-order valence-electron chi connectivity index (χ2n) is 33.1. The highest BCUT2D eigenvalue weighted by atomic mass is 16.3. The van der Waals surface area contributed by atoms with Crippen LogP contribution >= 0.6 is 0 Å². The van der Waals surface area contributed by atoms with E-state index in [0.29, 0.717) is 5.56 Å². The summed E-state index contributed by atoms with van der Waals surface area (Å²) in [6.07, 6.45) is 4.33. The van der Waals surface area contributed by atoms with Gasteiger partial charge in [-0.2, -0.15) is 0 Å². The average Bonchev–Trinajstić information content (AvgIpc) is 1.02. The van der Waals surface area contributed by atoms with Crippen molar-refractivity contribution in [3.63, 3.8) is 0 Å². The lowest BCUT2D eigenvalue weighted by atomic mass is 9.33. The van der Waals surface area contributed by atoms with Gasteiger partial charge in [0.25, 0.3) is 6.71 Å². The number of hydrogen-bond acceptors (Lipinski definition) is 4. The summed E-state index contributed by atoms with van der Waals surface area (Å²) in [4.78, 5) is 7.29. The number of fused-ring (bicyclic) bond motifs is 9. The van der Waals surface area contributed by atoms with Gasteiger partial charge >= 0.3 is 0 Å². The molecule has 0 N–H and O–H groups in total. The molecule has 2 aliphatic heterocycles. The summed E-state index contributed by atoms with van der Waals surface area (Å²) in [5.74, 6) is 0. The summed E-state index contributed by atoms with van der Waals surface area (Å²) in [7, 11) is 0. The molecule has 4 aliphatic rings. The first-order chi connectivity index (χ1) is 41.2. The van der Waals surface area contributed by atoms with Crippen LogP contribution < -0.4 is 31.1 Å². The average molecular weight is 1140 g/mol. The van der Waals surface area contributed by atoms with Gasteiger partial charge in [0.15, 0.2) is 5.58 Å². The molecule has 5 heteroatoms. The van der Waals surface area contributed by atoms with Crippen molar-refractivity contribution in [2.75, 3.05) is 14.7 Å². The zero-order chi connectivity index (χ0) is 64.0. The van der Waals surface area contributed by atoms with Crippen LogP contribution in [-0.2, 0) is 43.3 Å². The van der Waals surface area contributed by atoms with Gasteiger partial charge in [0, 0.05) is 60.4 Å². The van der Waals surface area contributed by atoms with Gasteiger partial charge in [-0.25, -0.2) is 0 Å². The molecule has 0 fully saturated rings. The molecule has 0 saturated heterocycles. The predicted octanol–water partition coefficient (Wildman–Crippen LogP) is 21.3. The van der Waals surface area contributed by atoms with Crippen molar-refractivity contribution in [3.8, 4) is 0 Å². The monoisotopic (exact) mass is 1140 g/mol. The van der Waals surface area contributed by atoms with E-state index >= 15 is 0 Å². The predicted molar refractivity (Wildman–Crippen MR) is 373 cm³/mol. The first kappa shape index (κ1) is 54.4. The highest BCUT2D eigenvalue weighted by Gasteiger charge is 2.48. The Morgan fingerprint density at radius 2 is 0.930 bits per heavy atom. The van der Waals surface area contributed by atoms with Gasteiger partial charge in [0.05, 0.1) is 5.69 Å². The van der Waals surface area contributed by atoms with Crippen LogP contribution in [0.1, 0.15) is 218 Å². The highest BCUT2D eigenvalue weighted by molar-refractivity contribution is 7.00. The smallest absolute Gasteiger partial charge is 0.252 e. The van der Waals surface area contributed by atoms with E-state index in [1.807, 2.05) is 12.1 Å². The van der Waals surface area contributed by atoms with Crippen molar-refractivity contribution in [2.45, 2.75) is 214 Å². The molecule has 0 amide bonds. The van der Waals surface area contributed by atoms with E-state index in [-0.39, 0.29) is 50.0 Å². The number of hydrogen-bond donors (Lipinski definition) is 0. The lowest BCUT2D eigenvalue weighted by molar-refractivity contribution is 0.332. The maximum Gasteiger partial charge on any atom is 0.252 e. The molecule has 4 nitrogen and oxygen atoms in total. The molecule has 0 atom stereocenters. The number of anilines is 9. The summed E-state index contributed by atoms with van der Waals surface area (Å²) >= 11 is 0. The second kappa shape index (κ2) is 19.0. The fourth-order valence-electron chi connectivity index (χ4n) is 15.2. The first-order valence-corrected chi connectivity index (χ1v) is 32.0. The first-order valence-electron chi connectivity index (χ1n) is 33.5. The fourth-order valence-corrected chi connectivity index (χ4v) is 15.2. The molecule has 13 rings (SSSR count). The number of furan rings is 1. The largest absolute Gasteiger partial charge is 0.454 e. The number of rotatable bonds is 5. The third kappa shape index (κ3) is 9.28. The van der Waals surface area contributed by atoms with Crippen LogP contribution in [0.15, 0.2) is 144 Å². The molecule has 0 spiro atoms. The Morgan fingerprint density at radius 3 is 1.48 bits per heavy atom. The maximum absolute atomic E-state index is 9.53. The lowest BCUT2D eigenvalue weighted by Gasteiger charge is -2.48. The number of aryl methyl sites for hydroxylation is 1. The van der Waals surface area contributed by atoms with Gasteiger partial charge in [0.2, 0.25) is 0 Å². The molecule has 0 saturated carbocycles. The van der Waals surface area contributed by atoms with Gasteiger partial charge in [-0.15, -0.1) is 0 Å². The molecule has 3 heterocycles. The number of benzene rings is 8. The molecule has 8 aromatic carbocycles. The van der Waals surface area contributed by atoms with E-state index in [4.69, 9.17) is 4.42 Å². The van der Waals surface area contributed by atoms with E-state index < -0.39 is 6.85 Å². The summed E-state index contributed by atoms with van der Waals surface area (Å²) in [5, 5.41) is 2.15. The molecule has 1 aromatic heterocycles. The topological polar surface area (TPSA) is 22.9 Å². The van der Waals surface area contributed by atoms with Crippen molar-refractivity contribution in [1.29, 1.82) is 0 Å². The Hall–Kier alpha value is -6.98. The summed E-state index contributed by atoms with van der Waals surface area (Å²) in [6.45, 7) is 43.9. The van der Waals surface area contributed by atoms with E-state index in [2.05, 4.69) is 281 Å². The van der Waals surface area contributed by atoms with Gasteiger partial charge in [-0.3, -0.25) is 0 Å². The van der Waals surface area contributed by atoms with E-state index in [9.17, 15) is 4.11 Å². The minimum atomic E-state index is -2.46. The molecule has 86 heavy (non-hydrogen) atoms. The standard InChI is InChI=1S/C81H94BN3O/c1-49-42-68-72-69(43-49)85(65-37-35-59(77(11,12)13)71-57-33-26-52(76(8,9)10)44-70(57)86-73(65)71)66-46-56(83(53-27-22-50(23-28-53)74(2,3)4)54-29-24-51(25-30-54)75(5,6)7)32-36-63(66)82(72)64-47-61-62(81(20,21)41-40-80(61,18)19)48-67(64)84(68)55-31-34-58-60(45-55)79(16,17)39-38-78(58,14)15/h22-37,42-48H,38-41H2,1-21H3/i1D3. The van der Waals surface area contributed by atoms with E-state index in [0.717, 1.165) is 110 Å². The third-order valence-corrected chi connectivity index (χ3v) is 20.9. The van der Waals surface area contributed by atoms with Gasteiger partial charge in [-0.1, -0.05) is 199 Å². The minimum absolute atomic E-state index is 0.00649. The molecule has 9 aromatic rings. The Kier molecular flexibility index (Phi) is 12.0. The van der Waals surface area contributed by atoms with Crippen LogP contribution in [0, 0.1) is 6.85 Å². The lowest BCUT2D eigenvalue weighted by Crippen LogP contribution is -2.62. The van der Waals surface area contributed by atoms with Crippen molar-refractivity contribution < 1.29 is 8.53 Å². The van der Waals surface area contributed by atoms with Crippen molar-refractivity contribution in [1.82, 2.24) is 0 Å².